The van der Waals surface area contributed by atoms with Crippen molar-refractivity contribution >= 4 is 33.3 Å². The topological polar surface area (TPSA) is 86.5 Å². The van der Waals surface area contributed by atoms with E-state index in [9.17, 15) is 15.0 Å². The van der Waals surface area contributed by atoms with E-state index in [1.54, 1.807) is 11.3 Å². The van der Waals surface area contributed by atoms with Crippen LogP contribution in [0, 0.1) is 5.41 Å². The van der Waals surface area contributed by atoms with Crippen LogP contribution in [0.25, 0.3) is 10.2 Å². The summed E-state index contributed by atoms with van der Waals surface area (Å²) in [5.41, 5.74) is 0.610. The summed E-state index contributed by atoms with van der Waals surface area (Å²) in [6.45, 7) is 0.767. The van der Waals surface area contributed by atoms with Crippen LogP contribution in [0.2, 0.25) is 0 Å². The highest BCUT2D eigenvalue weighted by atomic mass is 32.1. The van der Waals surface area contributed by atoms with Gasteiger partial charge in [-0.15, -0.1) is 11.3 Å². The second-order valence-electron chi connectivity index (χ2n) is 6.67. The van der Waals surface area contributed by atoms with Gasteiger partial charge in [0.15, 0.2) is 0 Å². The van der Waals surface area contributed by atoms with Crippen molar-refractivity contribution in [3.8, 4) is 0 Å². The van der Waals surface area contributed by atoms with Crippen molar-refractivity contribution < 1.29 is 15.0 Å². The Morgan fingerprint density at radius 3 is 2.81 bits per heavy atom. The van der Waals surface area contributed by atoms with E-state index >= 15 is 0 Å². The third-order valence-electron chi connectivity index (χ3n) is 5.17. The number of carboxylic acids is 1. The smallest absolute Gasteiger partial charge is 0.312 e. The first-order chi connectivity index (χ1) is 12.6. The molecule has 0 radical (unpaired) electrons. The summed E-state index contributed by atoms with van der Waals surface area (Å²) in [5.74, 6) is -0.180. The molecular formula is C19H19N3O3S. The van der Waals surface area contributed by atoms with Gasteiger partial charge in [-0.05, 0) is 29.9 Å². The standard InChI is InChI=1S/C19H19N3O3S/c23-15-11-22(17-16-14(6-9-26-16)20-12-21-17)8-7-19(15,18(24)25)10-13-4-2-1-3-5-13/h1-6,9,12,15,23H,7-8,10-11H2,(H,24,25)/t15-,19+/m0/s1. The number of aliphatic carboxylic acids is 1. The summed E-state index contributed by atoms with van der Waals surface area (Å²) in [6, 6.07) is 11.4. The number of piperidine rings is 1. The first-order valence-electron chi connectivity index (χ1n) is 8.49. The van der Waals surface area contributed by atoms with Crippen LogP contribution in [0.1, 0.15) is 12.0 Å². The quantitative estimate of drug-likeness (QED) is 0.735. The number of hydrogen-bond acceptors (Lipinski definition) is 6. The van der Waals surface area contributed by atoms with Crippen LogP contribution in [0.4, 0.5) is 5.82 Å². The highest BCUT2D eigenvalue weighted by Gasteiger charge is 2.49. The van der Waals surface area contributed by atoms with E-state index in [1.165, 1.54) is 6.33 Å². The van der Waals surface area contributed by atoms with Crippen molar-refractivity contribution in [2.75, 3.05) is 18.0 Å². The van der Waals surface area contributed by atoms with E-state index in [4.69, 9.17) is 0 Å². The molecule has 3 aromatic rings. The Morgan fingerprint density at radius 2 is 2.08 bits per heavy atom. The number of aromatic nitrogens is 2. The van der Waals surface area contributed by atoms with E-state index in [2.05, 4.69) is 9.97 Å². The van der Waals surface area contributed by atoms with Crippen LogP contribution in [0.3, 0.4) is 0 Å². The van der Waals surface area contributed by atoms with Gasteiger partial charge in [0.1, 0.15) is 17.6 Å². The zero-order valence-electron chi connectivity index (χ0n) is 14.1. The predicted octanol–water partition coefficient (Wildman–Crippen LogP) is 2.58. The number of aliphatic hydroxyl groups is 1. The molecule has 0 spiro atoms. The summed E-state index contributed by atoms with van der Waals surface area (Å²) < 4.78 is 0.964. The minimum atomic E-state index is -1.18. The van der Waals surface area contributed by atoms with Crippen LogP contribution >= 0.6 is 11.3 Å². The normalized spacial score (nSPS) is 23.3. The first kappa shape index (κ1) is 16.9. The Hall–Kier alpha value is -2.51. The molecule has 2 N–H and O–H groups in total. The van der Waals surface area contributed by atoms with Crippen LogP contribution in [0.5, 0.6) is 0 Å². The average Bonchev–Trinajstić information content (AvgIpc) is 3.13. The minimum Gasteiger partial charge on any atom is -0.481 e. The number of carboxylic acid groups (broad SMARTS) is 1. The van der Waals surface area contributed by atoms with Gasteiger partial charge in [-0.25, -0.2) is 9.97 Å². The van der Waals surface area contributed by atoms with Gasteiger partial charge in [-0.3, -0.25) is 4.79 Å². The van der Waals surface area contributed by atoms with Gasteiger partial charge in [-0.1, -0.05) is 30.3 Å². The van der Waals surface area contributed by atoms with Crippen molar-refractivity contribution in [2.45, 2.75) is 18.9 Å². The molecule has 0 saturated carbocycles. The predicted molar refractivity (Wildman–Crippen MR) is 100 cm³/mol. The van der Waals surface area contributed by atoms with Gasteiger partial charge in [0, 0.05) is 13.1 Å². The van der Waals surface area contributed by atoms with Crippen LogP contribution in [-0.4, -0.2) is 45.3 Å². The number of nitrogens with zero attached hydrogens (tertiary/aromatic N) is 3. The number of anilines is 1. The summed E-state index contributed by atoms with van der Waals surface area (Å²) in [5, 5.41) is 22.7. The van der Waals surface area contributed by atoms with Gasteiger partial charge >= 0.3 is 5.97 Å². The Morgan fingerprint density at radius 1 is 1.27 bits per heavy atom. The fourth-order valence-electron chi connectivity index (χ4n) is 3.66. The number of hydrogen-bond donors (Lipinski definition) is 2. The second-order valence-corrected chi connectivity index (χ2v) is 7.58. The molecule has 0 unspecified atom stereocenters. The van der Waals surface area contributed by atoms with Gasteiger partial charge in [-0.2, -0.15) is 0 Å². The molecule has 1 aromatic carbocycles. The maximum atomic E-state index is 12.1. The van der Waals surface area contributed by atoms with Gasteiger partial charge in [0.2, 0.25) is 0 Å². The lowest BCUT2D eigenvalue weighted by Crippen LogP contribution is -2.56. The molecule has 2 atom stereocenters. The van der Waals surface area contributed by atoms with Crippen LogP contribution in [-0.2, 0) is 11.2 Å². The molecule has 1 aliphatic heterocycles. The molecular weight excluding hydrogens is 350 g/mol. The number of β-amino-alcohol motifs (C(OH)–C–C–N with tert-alkyl or cyclic N) is 1. The molecule has 0 amide bonds. The highest BCUT2D eigenvalue weighted by molar-refractivity contribution is 7.17. The van der Waals surface area contributed by atoms with E-state index in [0.29, 0.717) is 19.4 Å². The number of thiophene rings is 1. The van der Waals surface area contributed by atoms with E-state index in [-0.39, 0.29) is 6.54 Å². The lowest BCUT2D eigenvalue weighted by Gasteiger charge is -2.43. The van der Waals surface area contributed by atoms with Gasteiger partial charge < -0.3 is 15.1 Å². The zero-order chi connectivity index (χ0) is 18.1. The lowest BCUT2D eigenvalue weighted by atomic mass is 9.71. The van der Waals surface area contributed by atoms with Crippen molar-refractivity contribution in [3.63, 3.8) is 0 Å². The van der Waals surface area contributed by atoms with Gasteiger partial charge in [0.05, 0.1) is 16.3 Å². The summed E-state index contributed by atoms with van der Waals surface area (Å²) in [6.07, 6.45) is 1.20. The largest absolute Gasteiger partial charge is 0.481 e. The molecule has 4 rings (SSSR count). The zero-order valence-corrected chi connectivity index (χ0v) is 14.9. The molecule has 6 nitrogen and oxygen atoms in total. The molecule has 3 heterocycles. The number of carbonyl (C=O) groups is 1. The molecule has 1 fully saturated rings. The molecule has 0 aliphatic carbocycles. The molecule has 7 heteroatoms. The van der Waals surface area contributed by atoms with Crippen molar-refractivity contribution in [2.24, 2.45) is 5.41 Å². The number of benzene rings is 1. The fraction of sp³-hybridized carbons (Fsp3) is 0.316. The van der Waals surface area contributed by atoms with Gasteiger partial charge in [0.25, 0.3) is 0 Å². The summed E-state index contributed by atoms with van der Waals surface area (Å²) in [4.78, 5) is 22.7. The maximum absolute atomic E-state index is 12.1. The average molecular weight is 369 g/mol. The molecule has 134 valence electrons. The Bertz CT molecular complexity index is 930. The maximum Gasteiger partial charge on any atom is 0.312 e. The SMILES string of the molecule is O=C(O)[C@@]1(Cc2ccccc2)CCN(c2ncnc3ccsc23)C[C@@H]1O. The van der Waals surface area contributed by atoms with E-state index in [1.807, 2.05) is 46.7 Å². The number of rotatable bonds is 4. The summed E-state index contributed by atoms with van der Waals surface area (Å²) >= 11 is 1.55. The van der Waals surface area contributed by atoms with Crippen LogP contribution in [0.15, 0.2) is 48.1 Å². The molecule has 1 saturated heterocycles. The lowest BCUT2D eigenvalue weighted by molar-refractivity contribution is -0.158. The number of aliphatic hydroxyl groups excluding tert-OH is 1. The fourth-order valence-corrected chi connectivity index (χ4v) is 4.52. The molecule has 2 aromatic heterocycles. The molecule has 26 heavy (non-hydrogen) atoms. The minimum absolute atomic E-state index is 0.239. The van der Waals surface area contributed by atoms with Crippen molar-refractivity contribution in [1.29, 1.82) is 0 Å². The van der Waals surface area contributed by atoms with Crippen molar-refractivity contribution in [3.05, 3.63) is 53.7 Å². The third kappa shape index (κ3) is 2.83. The van der Waals surface area contributed by atoms with E-state index in [0.717, 1.165) is 21.6 Å². The molecule has 0 bridgehead atoms. The second kappa shape index (κ2) is 6.66. The van der Waals surface area contributed by atoms with Crippen molar-refractivity contribution in [1.82, 2.24) is 9.97 Å². The summed E-state index contributed by atoms with van der Waals surface area (Å²) in [7, 11) is 0. The molecule has 1 aliphatic rings. The first-order valence-corrected chi connectivity index (χ1v) is 9.37. The Balaban J connectivity index is 1.62. The van der Waals surface area contributed by atoms with E-state index < -0.39 is 17.5 Å². The Kier molecular flexibility index (Phi) is 4.34. The third-order valence-corrected chi connectivity index (χ3v) is 6.07. The Labute approximate surface area is 154 Å². The highest BCUT2D eigenvalue weighted by Crippen LogP contribution is 2.38. The number of fused-ring (bicyclic) bond motifs is 1. The monoisotopic (exact) mass is 369 g/mol. The van der Waals surface area contributed by atoms with Crippen LogP contribution < -0.4 is 4.90 Å².